The van der Waals surface area contributed by atoms with E-state index in [9.17, 15) is 4.79 Å². The molecule has 2 unspecified atom stereocenters. The number of ether oxygens (including phenoxy) is 1. The summed E-state index contributed by atoms with van der Waals surface area (Å²) in [7, 11) is 1.39. The molecule has 0 amide bonds. The zero-order chi connectivity index (χ0) is 15.4. The highest BCUT2D eigenvalue weighted by molar-refractivity contribution is 7.99. The standard InChI is InChI=1S/C15H24N2O2S2/c1-9-5-4-6-10(8-7-9)17-14-12(20-3)11(16)13(21-14)15(18)19-2/h9-10,17H,4-8,16H2,1-3H3. The zero-order valence-electron chi connectivity index (χ0n) is 12.9. The average Bonchev–Trinajstić information content (AvgIpc) is 2.64. The van der Waals surface area contributed by atoms with Crippen molar-refractivity contribution in [3.05, 3.63) is 4.88 Å². The Hall–Kier alpha value is -0.880. The van der Waals surface area contributed by atoms with Gasteiger partial charge in [0.25, 0.3) is 0 Å². The highest BCUT2D eigenvalue weighted by Crippen LogP contribution is 2.43. The van der Waals surface area contributed by atoms with Crippen LogP contribution in [0.2, 0.25) is 0 Å². The molecule has 0 bridgehead atoms. The summed E-state index contributed by atoms with van der Waals surface area (Å²) in [5.74, 6) is 0.464. The van der Waals surface area contributed by atoms with E-state index in [4.69, 9.17) is 10.5 Å². The number of rotatable bonds is 4. The van der Waals surface area contributed by atoms with Crippen LogP contribution in [0.4, 0.5) is 10.7 Å². The highest BCUT2D eigenvalue weighted by Gasteiger charge is 2.23. The van der Waals surface area contributed by atoms with Crippen LogP contribution in [-0.2, 0) is 4.74 Å². The van der Waals surface area contributed by atoms with Crippen LogP contribution in [0.1, 0.15) is 48.7 Å². The van der Waals surface area contributed by atoms with Crippen molar-refractivity contribution in [3.8, 4) is 0 Å². The molecule has 0 radical (unpaired) electrons. The maximum absolute atomic E-state index is 11.8. The van der Waals surface area contributed by atoms with Gasteiger partial charge >= 0.3 is 5.97 Å². The number of esters is 1. The number of nitrogens with one attached hydrogen (secondary N) is 1. The minimum Gasteiger partial charge on any atom is -0.465 e. The molecule has 1 heterocycles. The predicted molar refractivity (Wildman–Crippen MR) is 91.5 cm³/mol. The first-order valence-corrected chi connectivity index (χ1v) is 9.42. The van der Waals surface area contributed by atoms with Crippen LogP contribution in [0.3, 0.4) is 0 Å². The van der Waals surface area contributed by atoms with Crippen molar-refractivity contribution in [3.63, 3.8) is 0 Å². The van der Waals surface area contributed by atoms with Crippen molar-refractivity contribution in [2.24, 2.45) is 5.92 Å². The average molecular weight is 329 g/mol. The van der Waals surface area contributed by atoms with E-state index in [1.807, 2.05) is 6.26 Å². The predicted octanol–water partition coefficient (Wildman–Crippen LogP) is 4.22. The Morgan fingerprint density at radius 2 is 2.14 bits per heavy atom. The fraction of sp³-hybridized carbons (Fsp3) is 0.667. The van der Waals surface area contributed by atoms with Crippen molar-refractivity contribution in [2.45, 2.75) is 50.0 Å². The summed E-state index contributed by atoms with van der Waals surface area (Å²) in [6.07, 6.45) is 8.19. The SMILES string of the molecule is COC(=O)c1sc(NC2CCCC(C)CC2)c(SC)c1N. The van der Waals surface area contributed by atoms with Gasteiger partial charge in [-0.3, -0.25) is 0 Å². The van der Waals surface area contributed by atoms with Gasteiger partial charge in [0.1, 0.15) is 9.88 Å². The van der Waals surface area contributed by atoms with Crippen molar-refractivity contribution in [1.29, 1.82) is 0 Å². The Bertz CT molecular complexity index is 502. The van der Waals surface area contributed by atoms with Crippen LogP contribution in [0.25, 0.3) is 0 Å². The highest BCUT2D eigenvalue weighted by atomic mass is 32.2. The van der Waals surface area contributed by atoms with Gasteiger partial charge in [-0.05, 0) is 31.4 Å². The lowest BCUT2D eigenvalue weighted by Crippen LogP contribution is -2.18. The van der Waals surface area contributed by atoms with E-state index in [1.54, 1.807) is 11.8 Å². The maximum Gasteiger partial charge on any atom is 0.350 e. The molecule has 1 aliphatic rings. The van der Waals surface area contributed by atoms with Gasteiger partial charge in [0.15, 0.2) is 0 Å². The van der Waals surface area contributed by atoms with Gasteiger partial charge in [-0.2, -0.15) is 0 Å². The third-order valence-corrected chi connectivity index (χ3v) is 6.15. The van der Waals surface area contributed by atoms with E-state index >= 15 is 0 Å². The van der Waals surface area contributed by atoms with Crippen LogP contribution in [0, 0.1) is 5.92 Å². The largest absolute Gasteiger partial charge is 0.465 e. The van der Waals surface area contributed by atoms with E-state index in [0.717, 1.165) is 15.8 Å². The molecule has 1 aromatic rings. The van der Waals surface area contributed by atoms with Gasteiger partial charge in [-0.1, -0.05) is 19.8 Å². The normalized spacial score (nSPS) is 22.6. The summed E-state index contributed by atoms with van der Waals surface area (Å²) in [4.78, 5) is 13.3. The minimum absolute atomic E-state index is 0.352. The van der Waals surface area contributed by atoms with E-state index in [1.165, 1.54) is 50.6 Å². The van der Waals surface area contributed by atoms with Crippen molar-refractivity contribution in [1.82, 2.24) is 0 Å². The van der Waals surface area contributed by atoms with Gasteiger partial charge < -0.3 is 15.8 Å². The first kappa shape index (κ1) is 16.5. The molecule has 0 aromatic carbocycles. The second-order valence-electron chi connectivity index (χ2n) is 5.65. The smallest absolute Gasteiger partial charge is 0.350 e. The summed E-state index contributed by atoms with van der Waals surface area (Å²) in [6, 6.07) is 0.476. The summed E-state index contributed by atoms with van der Waals surface area (Å²) < 4.78 is 4.81. The van der Waals surface area contributed by atoms with Crippen LogP contribution in [0.15, 0.2) is 4.90 Å². The number of methoxy groups -OCH3 is 1. The maximum atomic E-state index is 11.8. The van der Waals surface area contributed by atoms with Crippen molar-refractivity contribution < 1.29 is 9.53 Å². The van der Waals surface area contributed by atoms with E-state index in [2.05, 4.69) is 12.2 Å². The number of nitrogen functional groups attached to an aromatic ring is 1. The molecule has 21 heavy (non-hydrogen) atoms. The number of anilines is 2. The number of nitrogens with two attached hydrogens (primary N) is 1. The number of hydrogen-bond acceptors (Lipinski definition) is 6. The van der Waals surface area contributed by atoms with Gasteiger partial charge in [-0.15, -0.1) is 23.1 Å². The van der Waals surface area contributed by atoms with Crippen LogP contribution in [0.5, 0.6) is 0 Å². The second-order valence-corrected chi connectivity index (χ2v) is 7.49. The first-order valence-electron chi connectivity index (χ1n) is 7.37. The summed E-state index contributed by atoms with van der Waals surface area (Å²) >= 11 is 2.99. The lowest BCUT2D eigenvalue weighted by molar-refractivity contribution is 0.0607. The molecule has 3 N–H and O–H groups in total. The number of thiophene rings is 1. The molecule has 1 fully saturated rings. The fourth-order valence-electron chi connectivity index (χ4n) is 2.79. The monoisotopic (exact) mass is 328 g/mol. The Balaban J connectivity index is 2.17. The molecular weight excluding hydrogens is 304 g/mol. The summed E-state index contributed by atoms with van der Waals surface area (Å²) in [6.45, 7) is 2.33. The van der Waals surface area contributed by atoms with Crippen LogP contribution in [-0.4, -0.2) is 25.4 Å². The topological polar surface area (TPSA) is 64.3 Å². The molecule has 1 saturated carbocycles. The molecule has 0 saturated heterocycles. The molecule has 0 aliphatic heterocycles. The van der Waals surface area contributed by atoms with Gasteiger partial charge in [0, 0.05) is 6.04 Å². The summed E-state index contributed by atoms with van der Waals surface area (Å²) in [5.41, 5.74) is 6.64. The third-order valence-electron chi connectivity index (χ3n) is 4.07. The molecule has 6 heteroatoms. The molecule has 118 valence electrons. The Labute approximate surface area is 134 Å². The second kappa shape index (κ2) is 7.40. The molecule has 1 aliphatic carbocycles. The van der Waals surface area contributed by atoms with Gasteiger partial charge in [0.2, 0.25) is 0 Å². The number of hydrogen-bond donors (Lipinski definition) is 2. The first-order chi connectivity index (χ1) is 10.1. The van der Waals surface area contributed by atoms with Crippen molar-refractivity contribution in [2.75, 3.05) is 24.4 Å². The lowest BCUT2D eigenvalue weighted by atomic mass is 10.0. The molecule has 0 spiro atoms. The zero-order valence-corrected chi connectivity index (χ0v) is 14.5. The quantitative estimate of drug-likeness (QED) is 0.492. The summed E-state index contributed by atoms with van der Waals surface area (Å²) in [5, 5.41) is 4.62. The third kappa shape index (κ3) is 3.86. The Morgan fingerprint density at radius 3 is 2.81 bits per heavy atom. The van der Waals surface area contributed by atoms with Crippen molar-refractivity contribution >= 4 is 39.8 Å². The molecule has 2 atom stereocenters. The van der Waals surface area contributed by atoms with Gasteiger partial charge in [0.05, 0.1) is 17.7 Å². The number of carbonyl (C=O) groups excluding carboxylic acids is 1. The molecule has 2 rings (SSSR count). The number of carbonyl (C=O) groups is 1. The van der Waals surface area contributed by atoms with Crippen LogP contribution < -0.4 is 11.1 Å². The van der Waals surface area contributed by atoms with Gasteiger partial charge in [-0.25, -0.2) is 4.79 Å². The lowest BCUT2D eigenvalue weighted by Gasteiger charge is -2.17. The molecular formula is C15H24N2O2S2. The fourth-order valence-corrected chi connectivity index (χ4v) is 4.80. The minimum atomic E-state index is -0.352. The van der Waals surface area contributed by atoms with Crippen LogP contribution >= 0.6 is 23.1 Å². The number of thioether (sulfide) groups is 1. The Morgan fingerprint density at radius 1 is 1.38 bits per heavy atom. The van der Waals surface area contributed by atoms with E-state index < -0.39 is 0 Å². The molecule has 1 aromatic heterocycles. The Kier molecular flexibility index (Phi) is 5.81. The molecule has 4 nitrogen and oxygen atoms in total. The van der Waals surface area contributed by atoms with E-state index in [-0.39, 0.29) is 5.97 Å². The van der Waals surface area contributed by atoms with E-state index in [0.29, 0.717) is 16.6 Å².